The van der Waals surface area contributed by atoms with Gasteiger partial charge in [-0.3, -0.25) is 0 Å². The molecular weight excluding hydrogens is 266 g/mol. The molecule has 0 aromatic heterocycles. The van der Waals surface area contributed by atoms with Crippen LogP contribution in [0.25, 0.3) is 0 Å². The van der Waals surface area contributed by atoms with Gasteiger partial charge < -0.3 is 19.5 Å². The minimum atomic E-state index is 0.570. The first-order chi connectivity index (χ1) is 10.3. The maximum atomic E-state index is 5.55. The van der Waals surface area contributed by atoms with Gasteiger partial charge in [0.2, 0.25) is 0 Å². The van der Waals surface area contributed by atoms with E-state index in [4.69, 9.17) is 14.2 Å². The second-order valence-corrected chi connectivity index (χ2v) is 5.51. The van der Waals surface area contributed by atoms with Gasteiger partial charge in [0.05, 0.1) is 33.0 Å². The molecule has 4 heteroatoms. The van der Waals surface area contributed by atoms with Gasteiger partial charge in [-0.2, -0.15) is 0 Å². The van der Waals surface area contributed by atoms with Crippen LogP contribution >= 0.6 is 0 Å². The van der Waals surface area contributed by atoms with Crippen molar-refractivity contribution in [3.05, 3.63) is 0 Å². The van der Waals surface area contributed by atoms with Crippen LogP contribution in [0.4, 0.5) is 0 Å². The first-order valence-electron chi connectivity index (χ1n) is 8.72. The van der Waals surface area contributed by atoms with Crippen LogP contribution in [0.15, 0.2) is 0 Å². The summed E-state index contributed by atoms with van der Waals surface area (Å²) in [6, 6.07) is 0.570. The highest BCUT2D eigenvalue weighted by Crippen LogP contribution is 2.11. The molecule has 0 aliphatic heterocycles. The molecule has 0 bridgehead atoms. The Labute approximate surface area is 131 Å². The minimum absolute atomic E-state index is 0.570. The van der Waals surface area contributed by atoms with Crippen LogP contribution in [0.3, 0.4) is 0 Å². The zero-order valence-corrected chi connectivity index (χ0v) is 14.7. The molecule has 0 saturated heterocycles. The van der Waals surface area contributed by atoms with Gasteiger partial charge in [-0.05, 0) is 19.3 Å². The fourth-order valence-electron chi connectivity index (χ4n) is 2.31. The van der Waals surface area contributed by atoms with E-state index in [0.717, 1.165) is 32.1 Å². The molecule has 0 aromatic rings. The third kappa shape index (κ3) is 13.2. The molecule has 0 spiro atoms. The van der Waals surface area contributed by atoms with Gasteiger partial charge in [0, 0.05) is 19.2 Å². The molecule has 0 aromatic carbocycles. The highest BCUT2D eigenvalue weighted by Gasteiger charge is 2.11. The summed E-state index contributed by atoms with van der Waals surface area (Å²) in [5.41, 5.74) is 0. The van der Waals surface area contributed by atoms with Crippen molar-refractivity contribution in [3.63, 3.8) is 0 Å². The van der Waals surface area contributed by atoms with Gasteiger partial charge in [0.1, 0.15) is 0 Å². The molecule has 0 saturated carbocycles. The fourth-order valence-corrected chi connectivity index (χ4v) is 2.31. The van der Waals surface area contributed by atoms with Crippen LogP contribution in [0.2, 0.25) is 0 Å². The van der Waals surface area contributed by atoms with Crippen molar-refractivity contribution in [2.45, 2.75) is 59.4 Å². The molecule has 1 unspecified atom stereocenters. The second-order valence-electron chi connectivity index (χ2n) is 5.51. The molecule has 0 aliphatic rings. The summed E-state index contributed by atoms with van der Waals surface area (Å²) in [6.45, 7) is 14.1. The summed E-state index contributed by atoms with van der Waals surface area (Å²) in [5.74, 6) is 0.765. The normalized spacial score (nSPS) is 13.0. The Morgan fingerprint density at radius 2 is 1.29 bits per heavy atom. The molecule has 0 amide bonds. The van der Waals surface area contributed by atoms with Crippen LogP contribution in [-0.4, -0.2) is 52.2 Å². The van der Waals surface area contributed by atoms with Crippen molar-refractivity contribution in [2.24, 2.45) is 5.92 Å². The summed E-state index contributed by atoms with van der Waals surface area (Å²) in [4.78, 5) is 0. The average Bonchev–Trinajstić information content (AvgIpc) is 2.49. The Morgan fingerprint density at radius 3 is 1.81 bits per heavy atom. The largest absolute Gasteiger partial charge is 0.379 e. The maximum absolute atomic E-state index is 5.55. The number of nitrogens with one attached hydrogen (secondary N) is 1. The zero-order chi connectivity index (χ0) is 15.8. The van der Waals surface area contributed by atoms with E-state index in [2.05, 4.69) is 33.0 Å². The Morgan fingerprint density at radius 1 is 0.762 bits per heavy atom. The minimum Gasteiger partial charge on any atom is -0.379 e. The van der Waals surface area contributed by atoms with Crippen molar-refractivity contribution in [1.29, 1.82) is 0 Å². The van der Waals surface area contributed by atoms with E-state index in [-0.39, 0.29) is 0 Å². The molecule has 4 nitrogen and oxygen atoms in total. The number of unbranched alkanes of at least 4 members (excludes halogenated alkanes) is 1. The lowest BCUT2D eigenvalue weighted by atomic mass is 9.96. The molecular formula is C17H37NO3. The number of ether oxygens (including phenoxy) is 3. The van der Waals surface area contributed by atoms with E-state index in [9.17, 15) is 0 Å². The summed E-state index contributed by atoms with van der Waals surface area (Å²) >= 11 is 0. The lowest BCUT2D eigenvalue weighted by molar-refractivity contribution is 0.0142. The predicted molar refractivity (Wildman–Crippen MR) is 88.9 cm³/mol. The van der Waals surface area contributed by atoms with E-state index >= 15 is 0 Å². The standard InChI is InChI=1S/C17H37NO3/c1-5-8-10-19-12-14-21-15-13-20-11-9-18-16(4)17(6-2)7-3/h16-18H,5-15H2,1-4H3. The van der Waals surface area contributed by atoms with E-state index in [1.54, 1.807) is 0 Å². The lowest BCUT2D eigenvalue weighted by Crippen LogP contribution is -2.35. The van der Waals surface area contributed by atoms with Gasteiger partial charge in [0.15, 0.2) is 0 Å². The first-order valence-corrected chi connectivity index (χ1v) is 8.72. The van der Waals surface area contributed by atoms with Crippen molar-refractivity contribution < 1.29 is 14.2 Å². The van der Waals surface area contributed by atoms with Crippen molar-refractivity contribution in [1.82, 2.24) is 5.32 Å². The average molecular weight is 303 g/mol. The highest BCUT2D eigenvalue weighted by molar-refractivity contribution is 4.69. The quantitative estimate of drug-likeness (QED) is 0.444. The Balaban J connectivity index is 3.18. The molecule has 0 heterocycles. The van der Waals surface area contributed by atoms with Crippen LogP contribution in [0.5, 0.6) is 0 Å². The molecule has 0 fully saturated rings. The summed E-state index contributed by atoms with van der Waals surface area (Å²) in [6.07, 6.45) is 4.78. The van der Waals surface area contributed by atoms with E-state index < -0.39 is 0 Å². The van der Waals surface area contributed by atoms with Crippen LogP contribution < -0.4 is 5.32 Å². The second kappa shape index (κ2) is 16.2. The van der Waals surface area contributed by atoms with E-state index in [0.29, 0.717) is 32.5 Å². The zero-order valence-electron chi connectivity index (χ0n) is 14.7. The molecule has 0 rings (SSSR count). The number of hydrogen-bond acceptors (Lipinski definition) is 4. The molecule has 0 radical (unpaired) electrons. The third-order valence-corrected chi connectivity index (χ3v) is 3.85. The summed E-state index contributed by atoms with van der Waals surface area (Å²) in [5, 5.41) is 3.53. The van der Waals surface area contributed by atoms with Crippen LogP contribution in [0, 0.1) is 5.92 Å². The highest BCUT2D eigenvalue weighted by atomic mass is 16.5. The maximum Gasteiger partial charge on any atom is 0.0701 e. The van der Waals surface area contributed by atoms with Gasteiger partial charge in [-0.1, -0.05) is 40.0 Å². The van der Waals surface area contributed by atoms with Crippen molar-refractivity contribution >= 4 is 0 Å². The van der Waals surface area contributed by atoms with Gasteiger partial charge in [-0.25, -0.2) is 0 Å². The number of hydrogen-bond donors (Lipinski definition) is 1. The van der Waals surface area contributed by atoms with Gasteiger partial charge in [0.25, 0.3) is 0 Å². The SMILES string of the molecule is CCCCOCCOCCOCCNC(C)C(CC)CC. The van der Waals surface area contributed by atoms with Crippen LogP contribution in [-0.2, 0) is 14.2 Å². The Hall–Kier alpha value is -0.160. The van der Waals surface area contributed by atoms with Crippen molar-refractivity contribution in [3.8, 4) is 0 Å². The number of rotatable bonds is 16. The van der Waals surface area contributed by atoms with Gasteiger partial charge in [-0.15, -0.1) is 0 Å². The smallest absolute Gasteiger partial charge is 0.0701 e. The Kier molecular flexibility index (Phi) is 16.1. The van der Waals surface area contributed by atoms with Gasteiger partial charge >= 0.3 is 0 Å². The molecule has 21 heavy (non-hydrogen) atoms. The molecule has 1 atom stereocenters. The Bertz CT molecular complexity index is 198. The predicted octanol–water partition coefficient (Wildman–Crippen LogP) is 3.25. The van der Waals surface area contributed by atoms with Crippen LogP contribution in [0.1, 0.15) is 53.4 Å². The lowest BCUT2D eigenvalue weighted by Gasteiger charge is -2.22. The molecule has 1 N–H and O–H groups in total. The molecule has 128 valence electrons. The van der Waals surface area contributed by atoms with E-state index in [1.165, 1.54) is 19.3 Å². The first kappa shape index (κ1) is 20.8. The monoisotopic (exact) mass is 303 g/mol. The third-order valence-electron chi connectivity index (χ3n) is 3.85. The topological polar surface area (TPSA) is 39.7 Å². The van der Waals surface area contributed by atoms with Crippen molar-refractivity contribution in [2.75, 3.05) is 46.2 Å². The summed E-state index contributed by atoms with van der Waals surface area (Å²) < 4.78 is 16.4. The fraction of sp³-hybridized carbons (Fsp3) is 1.00. The summed E-state index contributed by atoms with van der Waals surface area (Å²) in [7, 11) is 0. The van der Waals surface area contributed by atoms with E-state index in [1.807, 2.05) is 0 Å². The molecule has 0 aliphatic carbocycles.